The third-order valence-electron chi connectivity index (χ3n) is 12.3. The van der Waals surface area contributed by atoms with Crippen molar-refractivity contribution in [1.29, 1.82) is 0 Å². The lowest BCUT2D eigenvalue weighted by Crippen LogP contribution is -2.03. The summed E-state index contributed by atoms with van der Waals surface area (Å²) in [6.07, 6.45) is 0. The molecule has 0 radical (unpaired) electrons. The van der Waals surface area contributed by atoms with E-state index in [2.05, 4.69) is 179 Å². The zero-order valence-electron chi connectivity index (χ0n) is 30.8. The second-order valence-electron chi connectivity index (χ2n) is 15.3. The Morgan fingerprint density at radius 1 is 0.379 bits per heavy atom. The standard InChI is InChI=1S/C52H28N4S2/c1-2-14-30-29(13-1)31-15-3-7-22-40(31)55-42-27-38-32-16-4-8-23-41(32)56(43(38)28-39(42)34-20-11-19-33(30)50(34)55)51-48(53-49-36-18-6-10-25-45(36)58-52(49)54-51)37-21-12-26-46-47(37)35-17-5-9-24-44(35)57-46/h1-28H. The maximum Gasteiger partial charge on any atom is 0.166 e. The fourth-order valence-corrected chi connectivity index (χ4v) is 12.0. The van der Waals surface area contributed by atoms with Crippen molar-refractivity contribution in [3.63, 3.8) is 0 Å². The van der Waals surface area contributed by atoms with Gasteiger partial charge < -0.3 is 4.57 Å². The Labute approximate surface area is 339 Å². The predicted molar refractivity (Wildman–Crippen MR) is 246 cm³/mol. The van der Waals surface area contributed by atoms with Crippen LogP contribution in [0.15, 0.2) is 170 Å². The fourth-order valence-electron chi connectivity index (χ4n) is 9.89. The lowest BCUT2D eigenvalue weighted by Gasteiger charge is -2.14. The van der Waals surface area contributed by atoms with Crippen LogP contribution in [0.1, 0.15) is 0 Å². The summed E-state index contributed by atoms with van der Waals surface area (Å²) < 4.78 is 8.62. The fraction of sp³-hybridized carbons (Fsp3) is 0. The molecule has 0 fully saturated rings. The van der Waals surface area contributed by atoms with Crippen LogP contribution >= 0.6 is 22.7 Å². The zero-order chi connectivity index (χ0) is 37.6. The molecule has 0 saturated carbocycles. The first kappa shape index (κ1) is 31.0. The van der Waals surface area contributed by atoms with Gasteiger partial charge in [-0.2, -0.15) is 0 Å². The van der Waals surface area contributed by atoms with E-state index in [1.54, 1.807) is 11.3 Å². The first-order valence-electron chi connectivity index (χ1n) is 19.6. The smallest absolute Gasteiger partial charge is 0.166 e. The molecule has 5 aromatic heterocycles. The van der Waals surface area contributed by atoms with Crippen LogP contribution in [0.5, 0.6) is 0 Å². The van der Waals surface area contributed by atoms with E-state index in [-0.39, 0.29) is 0 Å². The minimum absolute atomic E-state index is 0.845. The summed E-state index contributed by atoms with van der Waals surface area (Å²) in [6, 6.07) is 62.1. The van der Waals surface area contributed by atoms with Crippen LogP contribution in [0.4, 0.5) is 0 Å². The van der Waals surface area contributed by atoms with Crippen molar-refractivity contribution in [3.8, 4) is 45.0 Å². The van der Waals surface area contributed by atoms with Crippen molar-refractivity contribution in [2.24, 2.45) is 0 Å². The van der Waals surface area contributed by atoms with E-state index < -0.39 is 0 Å². The van der Waals surface area contributed by atoms with Gasteiger partial charge in [0.05, 0.1) is 27.8 Å². The third-order valence-corrected chi connectivity index (χ3v) is 14.5. The van der Waals surface area contributed by atoms with Gasteiger partial charge in [0.15, 0.2) is 5.82 Å². The molecule has 1 aliphatic heterocycles. The van der Waals surface area contributed by atoms with E-state index in [1.165, 1.54) is 85.4 Å². The van der Waals surface area contributed by atoms with Gasteiger partial charge in [0.25, 0.3) is 0 Å². The van der Waals surface area contributed by atoms with E-state index in [1.807, 2.05) is 11.3 Å². The normalized spacial score (nSPS) is 12.5. The Hall–Kier alpha value is -7.12. The van der Waals surface area contributed by atoms with Crippen molar-refractivity contribution < 1.29 is 0 Å². The second kappa shape index (κ2) is 11.3. The van der Waals surface area contributed by atoms with Gasteiger partial charge in [-0.1, -0.05) is 127 Å². The first-order valence-corrected chi connectivity index (χ1v) is 21.2. The van der Waals surface area contributed by atoms with E-state index in [0.717, 1.165) is 43.8 Å². The van der Waals surface area contributed by atoms with Crippen molar-refractivity contribution >= 4 is 107 Å². The lowest BCUT2D eigenvalue weighted by atomic mass is 9.94. The molecule has 58 heavy (non-hydrogen) atoms. The van der Waals surface area contributed by atoms with Gasteiger partial charge >= 0.3 is 0 Å². The first-order chi connectivity index (χ1) is 28.8. The van der Waals surface area contributed by atoms with E-state index in [9.17, 15) is 0 Å². The highest BCUT2D eigenvalue weighted by Gasteiger charge is 2.27. The summed E-state index contributed by atoms with van der Waals surface area (Å²) in [5.74, 6) is 0.845. The van der Waals surface area contributed by atoms with Crippen LogP contribution in [-0.4, -0.2) is 19.1 Å². The Morgan fingerprint density at radius 3 is 1.83 bits per heavy atom. The molecule has 13 aromatic rings. The molecule has 0 saturated heterocycles. The molecular formula is C52H28N4S2. The van der Waals surface area contributed by atoms with E-state index >= 15 is 0 Å². The third kappa shape index (κ3) is 3.98. The summed E-state index contributed by atoms with van der Waals surface area (Å²) in [6.45, 7) is 0. The minimum Gasteiger partial charge on any atom is -0.308 e. The molecule has 0 amide bonds. The van der Waals surface area contributed by atoms with Gasteiger partial charge in [-0.25, -0.2) is 9.97 Å². The summed E-state index contributed by atoms with van der Waals surface area (Å²) in [5, 5.41) is 8.43. The Balaban J connectivity index is 1.16. The second-order valence-corrected chi connectivity index (χ2v) is 17.4. The van der Waals surface area contributed by atoms with Gasteiger partial charge in [0.1, 0.15) is 16.0 Å². The van der Waals surface area contributed by atoms with Crippen LogP contribution in [0.2, 0.25) is 0 Å². The molecular weight excluding hydrogens is 745 g/mol. The molecule has 1 aliphatic rings. The molecule has 0 atom stereocenters. The lowest BCUT2D eigenvalue weighted by molar-refractivity contribution is 1.09. The number of benzene rings is 8. The van der Waals surface area contributed by atoms with Crippen molar-refractivity contribution in [2.75, 3.05) is 0 Å². The predicted octanol–water partition coefficient (Wildman–Crippen LogP) is 14.7. The molecule has 6 heterocycles. The number of thiophene rings is 2. The van der Waals surface area contributed by atoms with Crippen molar-refractivity contribution in [2.45, 2.75) is 0 Å². The van der Waals surface area contributed by atoms with Gasteiger partial charge in [0, 0.05) is 68.5 Å². The molecule has 0 spiro atoms. The number of nitrogens with zero attached hydrogens (tertiary/aromatic N) is 4. The quantitative estimate of drug-likeness (QED) is 0.175. The molecule has 0 N–H and O–H groups in total. The SMILES string of the molecule is c1ccc2c(c1)-c1ccccc1-n1c3cc4c5ccccc5n(-c5nc6sc7ccccc7c6nc5-c5cccc6sc7ccccc7c56)c4cc3c3cccc-2c31. The topological polar surface area (TPSA) is 35.6 Å². The number of aromatic nitrogens is 4. The van der Waals surface area contributed by atoms with Crippen LogP contribution in [-0.2, 0) is 0 Å². The largest absolute Gasteiger partial charge is 0.308 e. The molecule has 0 unspecified atom stereocenters. The van der Waals surface area contributed by atoms with Crippen LogP contribution in [0.25, 0.3) is 129 Å². The summed E-state index contributed by atoms with van der Waals surface area (Å²) in [5.41, 5.74) is 13.8. The minimum atomic E-state index is 0.845. The van der Waals surface area contributed by atoms with E-state index in [4.69, 9.17) is 9.97 Å². The number of hydrogen-bond acceptors (Lipinski definition) is 4. The Bertz CT molecular complexity index is 3930. The molecule has 0 bridgehead atoms. The molecule has 0 aliphatic carbocycles. The number of fused-ring (bicyclic) bond motifs is 17. The average molecular weight is 773 g/mol. The van der Waals surface area contributed by atoms with Gasteiger partial charge in [-0.05, 0) is 53.6 Å². The average Bonchev–Trinajstić information content (AvgIpc) is 4.00. The maximum atomic E-state index is 5.67. The molecule has 14 rings (SSSR count). The highest BCUT2D eigenvalue weighted by atomic mass is 32.1. The number of hydrogen-bond donors (Lipinski definition) is 0. The van der Waals surface area contributed by atoms with Crippen molar-refractivity contribution in [1.82, 2.24) is 19.1 Å². The monoisotopic (exact) mass is 772 g/mol. The highest BCUT2D eigenvalue weighted by Crippen LogP contribution is 2.49. The van der Waals surface area contributed by atoms with Crippen molar-refractivity contribution in [3.05, 3.63) is 170 Å². The highest BCUT2D eigenvalue weighted by molar-refractivity contribution is 7.26. The Kier molecular flexibility index (Phi) is 6.02. The van der Waals surface area contributed by atoms with E-state index in [0.29, 0.717) is 0 Å². The summed E-state index contributed by atoms with van der Waals surface area (Å²) in [7, 11) is 0. The molecule has 6 heteroatoms. The number of rotatable bonds is 2. The van der Waals surface area contributed by atoms with Crippen LogP contribution in [0, 0.1) is 0 Å². The maximum absolute atomic E-state index is 5.67. The summed E-state index contributed by atoms with van der Waals surface area (Å²) in [4.78, 5) is 12.3. The van der Waals surface area contributed by atoms with Crippen LogP contribution < -0.4 is 0 Å². The van der Waals surface area contributed by atoms with Gasteiger partial charge in [-0.15, -0.1) is 22.7 Å². The molecule has 4 nitrogen and oxygen atoms in total. The molecule has 8 aromatic carbocycles. The van der Waals surface area contributed by atoms with Crippen LogP contribution in [0.3, 0.4) is 0 Å². The van der Waals surface area contributed by atoms with Gasteiger partial charge in [-0.3, -0.25) is 4.57 Å². The zero-order valence-corrected chi connectivity index (χ0v) is 32.4. The van der Waals surface area contributed by atoms with Gasteiger partial charge in [0.2, 0.25) is 0 Å². The summed E-state index contributed by atoms with van der Waals surface area (Å²) >= 11 is 3.55. The number of para-hydroxylation sites is 3. The Morgan fingerprint density at radius 2 is 0.966 bits per heavy atom. The molecule has 268 valence electrons.